The molecule has 2 aromatic carbocycles. The van der Waals surface area contributed by atoms with Crippen molar-refractivity contribution in [3.8, 4) is 11.1 Å². The Morgan fingerprint density at radius 1 is 0.815 bits per heavy atom. The maximum absolute atomic E-state index is 13.1. The van der Waals surface area contributed by atoms with E-state index in [1.54, 1.807) is 0 Å². The summed E-state index contributed by atoms with van der Waals surface area (Å²) in [6, 6.07) is 19.2. The van der Waals surface area contributed by atoms with E-state index in [4.69, 9.17) is 0 Å². The van der Waals surface area contributed by atoms with Gasteiger partial charge in [-0.1, -0.05) is 88.9 Å². The number of anilines is 1. The molecule has 0 saturated carbocycles. The van der Waals surface area contributed by atoms with Gasteiger partial charge in [-0.15, -0.1) is 0 Å². The number of hydrogen-bond donors (Lipinski definition) is 0. The van der Waals surface area contributed by atoms with Gasteiger partial charge >= 0.3 is 0 Å². The molecule has 0 atom stereocenters. The minimum Gasteiger partial charge on any atom is -0.309 e. The summed E-state index contributed by atoms with van der Waals surface area (Å²) in [5, 5.41) is 0. The molecular formula is C25H35NO. The van der Waals surface area contributed by atoms with Crippen LogP contribution in [0.15, 0.2) is 54.6 Å². The number of carbonyl (C=O) groups is 1. The molecule has 2 nitrogen and oxygen atoms in total. The predicted octanol–water partition coefficient (Wildman–Crippen LogP) is 7.24. The lowest BCUT2D eigenvalue weighted by Gasteiger charge is -2.33. The molecule has 0 aliphatic carbocycles. The summed E-state index contributed by atoms with van der Waals surface area (Å²) in [5.74, 6) is 0.264. The van der Waals surface area contributed by atoms with Gasteiger partial charge in [0.1, 0.15) is 0 Å². The highest BCUT2D eigenvalue weighted by atomic mass is 16.2. The number of rotatable bonds is 11. The van der Waals surface area contributed by atoms with Crippen LogP contribution in [0.4, 0.5) is 5.69 Å². The highest BCUT2D eigenvalue weighted by Gasteiger charge is 2.24. The molecule has 2 aromatic rings. The Morgan fingerprint density at radius 2 is 1.44 bits per heavy atom. The van der Waals surface area contributed by atoms with Gasteiger partial charge in [0.05, 0.1) is 0 Å². The Morgan fingerprint density at radius 3 is 2.04 bits per heavy atom. The van der Waals surface area contributed by atoms with E-state index in [0.29, 0.717) is 12.5 Å². The van der Waals surface area contributed by atoms with E-state index in [0.717, 1.165) is 24.9 Å². The van der Waals surface area contributed by atoms with Gasteiger partial charge < -0.3 is 4.90 Å². The third kappa shape index (κ3) is 6.23. The SMILES string of the molecule is CCCCC(CCCC)N(C(=O)CCC)c1cccc(-c2ccccc2)c1. The first-order chi connectivity index (χ1) is 13.2. The third-order valence-corrected chi connectivity index (χ3v) is 5.11. The number of amides is 1. The number of nitrogens with zero attached hydrogens (tertiary/aromatic N) is 1. The van der Waals surface area contributed by atoms with Crippen molar-refractivity contribution in [1.29, 1.82) is 0 Å². The molecular weight excluding hydrogens is 330 g/mol. The van der Waals surface area contributed by atoms with E-state index in [1.807, 2.05) is 6.07 Å². The summed E-state index contributed by atoms with van der Waals surface area (Å²) in [5.41, 5.74) is 3.42. The van der Waals surface area contributed by atoms with Crippen molar-refractivity contribution in [2.75, 3.05) is 4.90 Å². The summed E-state index contributed by atoms with van der Waals surface area (Å²) in [4.78, 5) is 15.2. The van der Waals surface area contributed by atoms with E-state index in [1.165, 1.54) is 36.8 Å². The Kier molecular flexibility index (Phi) is 9.10. The van der Waals surface area contributed by atoms with E-state index in [9.17, 15) is 4.79 Å². The molecule has 0 aliphatic rings. The molecule has 0 spiro atoms. The topological polar surface area (TPSA) is 20.3 Å². The minimum atomic E-state index is 0.264. The fraction of sp³-hybridized carbons (Fsp3) is 0.480. The van der Waals surface area contributed by atoms with Crippen LogP contribution in [0.1, 0.15) is 72.1 Å². The fourth-order valence-electron chi connectivity index (χ4n) is 3.64. The largest absolute Gasteiger partial charge is 0.309 e. The van der Waals surface area contributed by atoms with Crippen LogP contribution in [0.2, 0.25) is 0 Å². The van der Waals surface area contributed by atoms with Gasteiger partial charge in [0.15, 0.2) is 0 Å². The Balaban J connectivity index is 2.38. The van der Waals surface area contributed by atoms with Crippen molar-refractivity contribution in [3.63, 3.8) is 0 Å². The maximum atomic E-state index is 13.1. The average molecular weight is 366 g/mol. The first kappa shape index (κ1) is 21.2. The highest BCUT2D eigenvalue weighted by Crippen LogP contribution is 2.29. The number of unbranched alkanes of at least 4 members (excludes halogenated alkanes) is 2. The zero-order chi connectivity index (χ0) is 19.5. The molecule has 0 heterocycles. The van der Waals surface area contributed by atoms with Crippen LogP contribution in [0.5, 0.6) is 0 Å². The van der Waals surface area contributed by atoms with Crippen LogP contribution in [-0.2, 0) is 4.79 Å². The van der Waals surface area contributed by atoms with Gasteiger partial charge in [0.25, 0.3) is 0 Å². The first-order valence-corrected chi connectivity index (χ1v) is 10.7. The maximum Gasteiger partial charge on any atom is 0.227 e. The van der Waals surface area contributed by atoms with Crippen molar-refractivity contribution < 1.29 is 4.79 Å². The summed E-state index contributed by atoms with van der Waals surface area (Å²) in [6.07, 6.45) is 8.35. The minimum absolute atomic E-state index is 0.264. The van der Waals surface area contributed by atoms with Crippen LogP contribution in [-0.4, -0.2) is 11.9 Å². The Hall–Kier alpha value is -2.09. The zero-order valence-corrected chi connectivity index (χ0v) is 17.3. The summed E-state index contributed by atoms with van der Waals surface area (Å²) < 4.78 is 0. The molecule has 0 radical (unpaired) electrons. The van der Waals surface area contributed by atoms with Crippen molar-refractivity contribution in [2.45, 2.75) is 78.2 Å². The normalized spacial score (nSPS) is 11.0. The quantitative estimate of drug-likeness (QED) is 0.411. The van der Waals surface area contributed by atoms with Crippen molar-refractivity contribution >= 4 is 11.6 Å². The molecule has 146 valence electrons. The van der Waals surface area contributed by atoms with Crippen molar-refractivity contribution in [3.05, 3.63) is 54.6 Å². The number of carbonyl (C=O) groups excluding carboxylic acids is 1. The lowest BCUT2D eigenvalue weighted by Crippen LogP contribution is -2.40. The van der Waals surface area contributed by atoms with Crippen LogP contribution in [0.25, 0.3) is 11.1 Å². The van der Waals surface area contributed by atoms with Gasteiger partial charge in [-0.3, -0.25) is 4.79 Å². The summed E-state index contributed by atoms with van der Waals surface area (Å²) >= 11 is 0. The third-order valence-electron chi connectivity index (χ3n) is 5.11. The summed E-state index contributed by atoms with van der Waals surface area (Å²) in [6.45, 7) is 6.54. The van der Waals surface area contributed by atoms with Gasteiger partial charge in [0.2, 0.25) is 5.91 Å². The Bertz CT molecular complexity index is 672. The number of hydrogen-bond acceptors (Lipinski definition) is 1. The second-order valence-electron chi connectivity index (χ2n) is 7.37. The molecule has 0 bridgehead atoms. The molecule has 0 aromatic heterocycles. The molecule has 0 saturated heterocycles. The molecule has 1 amide bonds. The smallest absolute Gasteiger partial charge is 0.227 e. The average Bonchev–Trinajstić information content (AvgIpc) is 2.71. The molecule has 2 heteroatoms. The van der Waals surface area contributed by atoms with Crippen LogP contribution < -0.4 is 4.90 Å². The fourth-order valence-corrected chi connectivity index (χ4v) is 3.64. The molecule has 0 fully saturated rings. The van der Waals surface area contributed by atoms with Crippen LogP contribution >= 0.6 is 0 Å². The lowest BCUT2D eigenvalue weighted by molar-refractivity contribution is -0.119. The van der Waals surface area contributed by atoms with E-state index >= 15 is 0 Å². The van der Waals surface area contributed by atoms with Crippen LogP contribution in [0.3, 0.4) is 0 Å². The second-order valence-corrected chi connectivity index (χ2v) is 7.37. The van der Waals surface area contributed by atoms with Gasteiger partial charge in [-0.05, 0) is 42.5 Å². The van der Waals surface area contributed by atoms with Gasteiger partial charge in [-0.2, -0.15) is 0 Å². The summed E-state index contributed by atoms with van der Waals surface area (Å²) in [7, 11) is 0. The van der Waals surface area contributed by atoms with E-state index < -0.39 is 0 Å². The Labute approximate surface area is 165 Å². The molecule has 0 aliphatic heterocycles. The van der Waals surface area contributed by atoms with E-state index in [-0.39, 0.29) is 5.91 Å². The van der Waals surface area contributed by atoms with Gasteiger partial charge in [0, 0.05) is 18.2 Å². The lowest BCUT2D eigenvalue weighted by atomic mass is 9.99. The van der Waals surface area contributed by atoms with Gasteiger partial charge in [-0.25, -0.2) is 0 Å². The van der Waals surface area contributed by atoms with Crippen molar-refractivity contribution in [1.82, 2.24) is 0 Å². The highest BCUT2D eigenvalue weighted by molar-refractivity contribution is 5.94. The predicted molar refractivity (Wildman–Crippen MR) is 117 cm³/mol. The molecule has 0 unspecified atom stereocenters. The standard InChI is InChI=1S/C25H35NO/c1-4-7-17-23(18-8-5-2)26(25(27)13-6-3)24-19-12-16-22(20-24)21-14-10-9-11-15-21/h9-12,14-16,19-20,23H,4-8,13,17-18H2,1-3H3. The number of benzene rings is 2. The molecule has 2 rings (SSSR count). The molecule has 27 heavy (non-hydrogen) atoms. The second kappa shape index (κ2) is 11.6. The van der Waals surface area contributed by atoms with Crippen molar-refractivity contribution in [2.24, 2.45) is 0 Å². The van der Waals surface area contributed by atoms with Crippen LogP contribution in [0, 0.1) is 0 Å². The molecule has 0 N–H and O–H groups in total. The monoisotopic (exact) mass is 365 g/mol. The van der Waals surface area contributed by atoms with E-state index in [2.05, 4.69) is 74.2 Å². The first-order valence-electron chi connectivity index (χ1n) is 10.7. The zero-order valence-electron chi connectivity index (χ0n) is 17.3.